The van der Waals surface area contributed by atoms with Crippen LogP contribution in [0.15, 0.2) is 22.8 Å². The minimum Gasteiger partial charge on any atom is -0.413 e. The van der Waals surface area contributed by atoms with E-state index in [0.29, 0.717) is 32.2 Å². The average Bonchev–Trinajstić information content (AvgIpc) is 2.80. The predicted molar refractivity (Wildman–Crippen MR) is 87.9 cm³/mol. The van der Waals surface area contributed by atoms with Crippen molar-refractivity contribution in [3.05, 3.63) is 22.8 Å². The number of carbonyl (C=O) groups excluding carboxylic acids is 1. The van der Waals surface area contributed by atoms with Crippen molar-refractivity contribution in [1.82, 2.24) is 0 Å². The molecule has 2 rings (SSSR count). The first-order valence-corrected chi connectivity index (χ1v) is 10.7. The van der Waals surface area contributed by atoms with Gasteiger partial charge in [-0.2, -0.15) is 0 Å². The molecule has 0 bridgehead atoms. The highest BCUT2D eigenvalue weighted by atomic mass is 28.4. The molecule has 1 saturated heterocycles. The van der Waals surface area contributed by atoms with E-state index in [1.54, 1.807) is 0 Å². The highest BCUT2D eigenvalue weighted by Gasteiger charge is 2.37. The third kappa shape index (κ3) is 3.38. The summed E-state index contributed by atoms with van der Waals surface area (Å²) in [4.78, 5) is 12.3. The third-order valence-electron chi connectivity index (χ3n) is 5.23. The summed E-state index contributed by atoms with van der Waals surface area (Å²) >= 11 is 0. The lowest BCUT2D eigenvalue weighted by atomic mass is 9.81. The second kappa shape index (κ2) is 5.82. The van der Waals surface area contributed by atoms with Gasteiger partial charge in [-0.05, 0) is 42.3 Å². The Hall–Kier alpha value is -0.713. The number of ketones is 1. The monoisotopic (exact) mass is 308 g/mol. The van der Waals surface area contributed by atoms with E-state index in [-0.39, 0.29) is 10.8 Å². The van der Waals surface area contributed by atoms with Gasteiger partial charge in [-0.25, -0.2) is 0 Å². The smallest absolute Gasteiger partial charge is 0.192 e. The molecule has 0 N–H and O–H groups in total. The van der Waals surface area contributed by atoms with Gasteiger partial charge in [0.2, 0.25) is 0 Å². The molecule has 0 saturated carbocycles. The van der Waals surface area contributed by atoms with E-state index in [1.807, 2.05) is 13.0 Å². The van der Waals surface area contributed by atoms with Gasteiger partial charge in [0.15, 0.2) is 14.1 Å². The van der Waals surface area contributed by atoms with Crippen molar-refractivity contribution in [2.24, 2.45) is 5.92 Å². The molecule has 0 amide bonds. The zero-order chi connectivity index (χ0) is 15.8. The van der Waals surface area contributed by atoms with Gasteiger partial charge in [0.25, 0.3) is 0 Å². The van der Waals surface area contributed by atoms with E-state index in [1.165, 1.54) is 5.57 Å². The van der Waals surface area contributed by atoms with Crippen LogP contribution in [0.3, 0.4) is 0 Å². The van der Waals surface area contributed by atoms with Gasteiger partial charge in [0, 0.05) is 17.9 Å². The fourth-order valence-electron chi connectivity index (χ4n) is 2.66. The topological polar surface area (TPSA) is 35.5 Å². The SMILES string of the molecule is CC1=C2COCC2CC(=O)/C1=C\CO[Si](C)(C)C(C)(C)C. The van der Waals surface area contributed by atoms with Crippen molar-refractivity contribution in [3.63, 3.8) is 0 Å². The number of hydrogen-bond donors (Lipinski definition) is 0. The second-order valence-electron chi connectivity index (χ2n) is 7.68. The summed E-state index contributed by atoms with van der Waals surface area (Å²) in [5, 5.41) is 0.194. The number of Topliss-reactive ketones (excluding diaryl/α,β-unsaturated/α-hetero) is 1. The van der Waals surface area contributed by atoms with Crippen LogP contribution in [0.1, 0.15) is 34.1 Å². The first-order chi connectivity index (χ1) is 9.63. The third-order valence-corrected chi connectivity index (χ3v) is 9.73. The van der Waals surface area contributed by atoms with Crippen LogP contribution in [0.5, 0.6) is 0 Å². The average molecular weight is 308 g/mol. The van der Waals surface area contributed by atoms with E-state index in [0.717, 1.165) is 11.1 Å². The number of rotatable bonds is 3. The number of carbonyl (C=O) groups is 1. The van der Waals surface area contributed by atoms with E-state index >= 15 is 0 Å². The van der Waals surface area contributed by atoms with Gasteiger partial charge in [0.05, 0.1) is 19.8 Å². The summed E-state index contributed by atoms with van der Waals surface area (Å²) in [5.74, 6) is 0.557. The van der Waals surface area contributed by atoms with Crippen LogP contribution in [0, 0.1) is 5.92 Å². The molecule has 1 aliphatic heterocycles. The summed E-state index contributed by atoms with van der Waals surface area (Å²) in [6.07, 6.45) is 2.58. The van der Waals surface area contributed by atoms with Gasteiger partial charge < -0.3 is 9.16 Å². The summed E-state index contributed by atoms with van der Waals surface area (Å²) in [5.41, 5.74) is 3.28. The minimum atomic E-state index is -1.76. The summed E-state index contributed by atoms with van der Waals surface area (Å²) in [7, 11) is -1.76. The zero-order valence-corrected chi connectivity index (χ0v) is 15.2. The molecule has 0 aromatic rings. The number of fused-ring (bicyclic) bond motifs is 1. The van der Waals surface area contributed by atoms with Crippen molar-refractivity contribution >= 4 is 14.1 Å². The standard InChI is InChI=1S/C17H28O3Si/c1-12-14(7-8-20-21(5,6)17(2,3)4)16(18)9-13-10-19-11-15(12)13/h7,13H,8-11H2,1-6H3/b14-7-. The molecule has 0 aromatic heterocycles. The van der Waals surface area contributed by atoms with Crippen molar-refractivity contribution in [2.45, 2.75) is 52.2 Å². The lowest BCUT2D eigenvalue weighted by molar-refractivity contribution is -0.116. The van der Waals surface area contributed by atoms with E-state index in [4.69, 9.17) is 9.16 Å². The molecule has 1 fully saturated rings. The molecule has 3 nitrogen and oxygen atoms in total. The fraction of sp³-hybridized carbons (Fsp3) is 0.706. The van der Waals surface area contributed by atoms with Crippen LogP contribution in [-0.2, 0) is 14.0 Å². The van der Waals surface area contributed by atoms with Crippen molar-refractivity contribution in [2.75, 3.05) is 19.8 Å². The Balaban J connectivity index is 2.11. The Morgan fingerprint density at radius 3 is 2.67 bits per heavy atom. The van der Waals surface area contributed by atoms with Crippen LogP contribution in [0.4, 0.5) is 0 Å². The molecule has 21 heavy (non-hydrogen) atoms. The maximum atomic E-state index is 12.3. The molecule has 4 heteroatoms. The Morgan fingerprint density at radius 1 is 1.38 bits per heavy atom. The number of allylic oxidation sites excluding steroid dienone is 2. The van der Waals surface area contributed by atoms with Gasteiger partial charge in [-0.15, -0.1) is 0 Å². The van der Waals surface area contributed by atoms with Crippen LogP contribution in [0.2, 0.25) is 18.1 Å². The Morgan fingerprint density at radius 2 is 2.05 bits per heavy atom. The summed E-state index contributed by atoms with van der Waals surface area (Å²) in [6, 6.07) is 0. The zero-order valence-electron chi connectivity index (χ0n) is 14.2. The summed E-state index contributed by atoms with van der Waals surface area (Å²) in [6.45, 7) is 15.1. The van der Waals surface area contributed by atoms with Gasteiger partial charge in [-0.3, -0.25) is 4.79 Å². The molecule has 0 spiro atoms. The molecule has 1 unspecified atom stereocenters. The molecule has 2 aliphatic rings. The first-order valence-electron chi connectivity index (χ1n) is 7.78. The van der Waals surface area contributed by atoms with E-state index < -0.39 is 8.32 Å². The molecule has 1 aliphatic carbocycles. The molecule has 1 heterocycles. The van der Waals surface area contributed by atoms with Gasteiger partial charge in [-0.1, -0.05) is 20.8 Å². The van der Waals surface area contributed by atoms with E-state index in [2.05, 4.69) is 33.9 Å². The maximum Gasteiger partial charge on any atom is 0.192 e. The van der Waals surface area contributed by atoms with Gasteiger partial charge in [0.1, 0.15) is 0 Å². The van der Waals surface area contributed by atoms with Gasteiger partial charge >= 0.3 is 0 Å². The molecule has 1 atom stereocenters. The van der Waals surface area contributed by atoms with E-state index in [9.17, 15) is 4.79 Å². The fourth-order valence-corrected chi connectivity index (χ4v) is 3.59. The molecular formula is C17H28O3Si. The Labute approximate surface area is 129 Å². The number of ether oxygens (including phenoxy) is 1. The molecule has 118 valence electrons. The lowest BCUT2D eigenvalue weighted by Crippen LogP contribution is -2.40. The highest BCUT2D eigenvalue weighted by Crippen LogP contribution is 2.37. The predicted octanol–water partition coefficient (Wildman–Crippen LogP) is 3.87. The summed E-state index contributed by atoms with van der Waals surface area (Å²) < 4.78 is 11.7. The Bertz CT molecular complexity index is 495. The number of hydrogen-bond acceptors (Lipinski definition) is 3. The molecule has 0 aromatic carbocycles. The van der Waals surface area contributed by atoms with Crippen molar-refractivity contribution < 1.29 is 14.0 Å². The largest absolute Gasteiger partial charge is 0.413 e. The minimum absolute atomic E-state index is 0.194. The highest BCUT2D eigenvalue weighted by molar-refractivity contribution is 6.74. The van der Waals surface area contributed by atoms with Crippen LogP contribution < -0.4 is 0 Å². The van der Waals surface area contributed by atoms with Crippen LogP contribution in [-0.4, -0.2) is 33.9 Å². The van der Waals surface area contributed by atoms with Crippen molar-refractivity contribution in [3.8, 4) is 0 Å². The van der Waals surface area contributed by atoms with Crippen LogP contribution >= 0.6 is 0 Å². The molecule has 0 radical (unpaired) electrons. The Kier molecular flexibility index (Phi) is 4.62. The first kappa shape index (κ1) is 16.7. The second-order valence-corrected chi connectivity index (χ2v) is 12.5. The maximum absolute atomic E-state index is 12.3. The lowest BCUT2D eigenvalue weighted by Gasteiger charge is -2.36. The van der Waals surface area contributed by atoms with Crippen LogP contribution in [0.25, 0.3) is 0 Å². The van der Waals surface area contributed by atoms with Crippen molar-refractivity contribution in [1.29, 1.82) is 0 Å². The molecular weight excluding hydrogens is 280 g/mol. The normalized spacial score (nSPS) is 25.7. The quantitative estimate of drug-likeness (QED) is 0.586.